The quantitative estimate of drug-likeness (QED) is 0.844. The van der Waals surface area contributed by atoms with Gasteiger partial charge >= 0.3 is 5.97 Å². The standard InChI is InChI=1S/C13H19NO5S/c1-9(11-5-6-12(19-11)13(15)18-2)14-10-4-3-7-20(16,17)8-10/h5-6,9-10,14H,3-4,7-8H2,1-2H3. The van der Waals surface area contributed by atoms with Crippen molar-refractivity contribution in [2.45, 2.75) is 31.8 Å². The Bertz CT molecular complexity index is 577. The Morgan fingerprint density at radius 3 is 2.90 bits per heavy atom. The summed E-state index contributed by atoms with van der Waals surface area (Å²) < 4.78 is 33.2. The Morgan fingerprint density at radius 2 is 2.25 bits per heavy atom. The molecule has 0 amide bonds. The highest BCUT2D eigenvalue weighted by Gasteiger charge is 2.26. The van der Waals surface area contributed by atoms with E-state index in [9.17, 15) is 13.2 Å². The maximum atomic E-state index is 11.6. The first-order valence-electron chi connectivity index (χ1n) is 6.56. The first-order chi connectivity index (χ1) is 9.41. The number of rotatable bonds is 4. The van der Waals surface area contributed by atoms with E-state index in [1.54, 1.807) is 12.1 Å². The van der Waals surface area contributed by atoms with Crippen molar-refractivity contribution < 1.29 is 22.4 Å². The number of hydrogen-bond donors (Lipinski definition) is 1. The molecule has 1 aromatic rings. The van der Waals surface area contributed by atoms with Crippen LogP contribution in [0.4, 0.5) is 0 Å². The van der Waals surface area contributed by atoms with Gasteiger partial charge in [-0.05, 0) is 31.9 Å². The number of hydrogen-bond acceptors (Lipinski definition) is 6. The molecule has 0 spiro atoms. The van der Waals surface area contributed by atoms with Gasteiger partial charge in [0.15, 0.2) is 9.84 Å². The highest BCUT2D eigenvalue weighted by molar-refractivity contribution is 7.91. The largest absolute Gasteiger partial charge is 0.463 e. The molecule has 7 heteroatoms. The monoisotopic (exact) mass is 301 g/mol. The van der Waals surface area contributed by atoms with Crippen LogP contribution in [0.2, 0.25) is 0 Å². The Kier molecular flexibility index (Phi) is 4.49. The predicted octanol–water partition coefficient (Wildman–Crippen LogP) is 1.29. The molecule has 20 heavy (non-hydrogen) atoms. The van der Waals surface area contributed by atoms with E-state index in [-0.39, 0.29) is 29.3 Å². The number of carbonyl (C=O) groups is 1. The first-order valence-corrected chi connectivity index (χ1v) is 8.38. The summed E-state index contributed by atoms with van der Waals surface area (Å²) in [4.78, 5) is 11.3. The molecule has 1 fully saturated rings. The third-order valence-corrected chi connectivity index (χ3v) is 5.21. The van der Waals surface area contributed by atoms with Crippen molar-refractivity contribution in [2.24, 2.45) is 0 Å². The molecular formula is C13H19NO5S. The summed E-state index contributed by atoms with van der Waals surface area (Å²) in [5, 5.41) is 3.24. The Hall–Kier alpha value is -1.34. The van der Waals surface area contributed by atoms with Crippen molar-refractivity contribution in [1.82, 2.24) is 5.32 Å². The van der Waals surface area contributed by atoms with Gasteiger partial charge in [0.25, 0.3) is 0 Å². The minimum absolute atomic E-state index is 0.0737. The fourth-order valence-electron chi connectivity index (χ4n) is 2.39. The first kappa shape index (κ1) is 15.1. The van der Waals surface area contributed by atoms with Crippen molar-refractivity contribution in [3.8, 4) is 0 Å². The van der Waals surface area contributed by atoms with E-state index in [0.717, 1.165) is 6.42 Å². The summed E-state index contributed by atoms with van der Waals surface area (Å²) in [7, 11) is -1.65. The summed E-state index contributed by atoms with van der Waals surface area (Å²) in [6.45, 7) is 1.88. The summed E-state index contributed by atoms with van der Waals surface area (Å²) in [6, 6.07) is 3.01. The highest BCUT2D eigenvalue weighted by atomic mass is 32.2. The average Bonchev–Trinajstić information content (AvgIpc) is 2.86. The van der Waals surface area contributed by atoms with E-state index < -0.39 is 15.8 Å². The molecule has 0 aliphatic carbocycles. The molecule has 1 aliphatic heterocycles. The molecule has 112 valence electrons. The van der Waals surface area contributed by atoms with Crippen molar-refractivity contribution in [3.63, 3.8) is 0 Å². The maximum absolute atomic E-state index is 11.6. The van der Waals surface area contributed by atoms with Crippen LogP contribution < -0.4 is 5.32 Å². The Morgan fingerprint density at radius 1 is 1.50 bits per heavy atom. The van der Waals surface area contributed by atoms with Crippen LogP contribution in [0.1, 0.15) is 42.1 Å². The molecule has 2 rings (SSSR count). The van der Waals surface area contributed by atoms with Crippen molar-refractivity contribution in [1.29, 1.82) is 0 Å². The molecule has 1 saturated heterocycles. The van der Waals surface area contributed by atoms with Crippen LogP contribution in [0.15, 0.2) is 16.5 Å². The lowest BCUT2D eigenvalue weighted by Gasteiger charge is -2.25. The van der Waals surface area contributed by atoms with Crippen LogP contribution in [0, 0.1) is 0 Å². The minimum Gasteiger partial charge on any atom is -0.463 e. The number of methoxy groups -OCH3 is 1. The molecule has 1 aliphatic rings. The van der Waals surface area contributed by atoms with Crippen LogP contribution in [0.3, 0.4) is 0 Å². The lowest BCUT2D eigenvalue weighted by Crippen LogP contribution is -2.41. The average molecular weight is 301 g/mol. The molecule has 0 bridgehead atoms. The molecule has 0 radical (unpaired) electrons. The second-order valence-corrected chi connectivity index (χ2v) is 7.26. The van der Waals surface area contributed by atoms with Crippen molar-refractivity contribution >= 4 is 15.8 Å². The number of ether oxygens (including phenoxy) is 1. The molecule has 0 aromatic carbocycles. The van der Waals surface area contributed by atoms with Crippen LogP contribution in [-0.2, 0) is 14.6 Å². The summed E-state index contributed by atoms with van der Waals surface area (Å²) >= 11 is 0. The van der Waals surface area contributed by atoms with Gasteiger partial charge in [-0.15, -0.1) is 0 Å². The molecule has 2 heterocycles. The smallest absolute Gasteiger partial charge is 0.373 e. The molecule has 1 N–H and O–H groups in total. The third-order valence-electron chi connectivity index (χ3n) is 3.39. The summed E-state index contributed by atoms with van der Waals surface area (Å²) in [6.07, 6.45) is 1.51. The fourth-order valence-corrected chi connectivity index (χ4v) is 4.03. The second-order valence-electron chi connectivity index (χ2n) is 5.04. The van der Waals surface area contributed by atoms with Crippen LogP contribution in [0.5, 0.6) is 0 Å². The second kappa shape index (κ2) is 5.97. The van der Waals surface area contributed by atoms with E-state index in [4.69, 9.17) is 4.42 Å². The maximum Gasteiger partial charge on any atom is 0.373 e. The van der Waals surface area contributed by atoms with Gasteiger partial charge < -0.3 is 14.5 Å². The molecule has 6 nitrogen and oxygen atoms in total. The predicted molar refractivity (Wildman–Crippen MR) is 73.3 cm³/mol. The van der Waals surface area contributed by atoms with Gasteiger partial charge in [0.2, 0.25) is 5.76 Å². The fraction of sp³-hybridized carbons (Fsp3) is 0.615. The van der Waals surface area contributed by atoms with Gasteiger partial charge in [-0.1, -0.05) is 0 Å². The van der Waals surface area contributed by atoms with E-state index >= 15 is 0 Å². The zero-order chi connectivity index (χ0) is 14.8. The summed E-state index contributed by atoms with van der Waals surface area (Å²) in [5.41, 5.74) is 0. The molecule has 1 aromatic heterocycles. The van der Waals surface area contributed by atoms with Crippen molar-refractivity contribution in [2.75, 3.05) is 18.6 Å². The normalized spacial score (nSPS) is 23.2. The van der Waals surface area contributed by atoms with Gasteiger partial charge in [0.1, 0.15) is 5.76 Å². The third kappa shape index (κ3) is 3.61. The number of carbonyl (C=O) groups excluding carboxylic acids is 1. The van der Waals surface area contributed by atoms with E-state index in [0.29, 0.717) is 12.2 Å². The van der Waals surface area contributed by atoms with E-state index in [1.165, 1.54) is 7.11 Å². The highest BCUT2D eigenvalue weighted by Crippen LogP contribution is 2.20. The zero-order valence-electron chi connectivity index (χ0n) is 11.6. The zero-order valence-corrected chi connectivity index (χ0v) is 12.4. The molecule has 0 saturated carbocycles. The molecular weight excluding hydrogens is 282 g/mol. The van der Waals surface area contributed by atoms with E-state index in [2.05, 4.69) is 10.1 Å². The Labute approximate surface area is 118 Å². The minimum atomic E-state index is -2.94. The van der Waals surface area contributed by atoms with Gasteiger partial charge in [-0.2, -0.15) is 0 Å². The number of esters is 1. The topological polar surface area (TPSA) is 85.6 Å². The SMILES string of the molecule is COC(=O)c1ccc(C(C)NC2CCCS(=O)(=O)C2)o1. The summed E-state index contributed by atoms with van der Waals surface area (Å²) in [5.74, 6) is 0.638. The van der Waals surface area contributed by atoms with Gasteiger partial charge in [0, 0.05) is 6.04 Å². The Balaban J connectivity index is 1.99. The van der Waals surface area contributed by atoms with Crippen LogP contribution in [0.25, 0.3) is 0 Å². The van der Waals surface area contributed by atoms with E-state index in [1.807, 2.05) is 6.92 Å². The van der Waals surface area contributed by atoms with Gasteiger partial charge in [-0.25, -0.2) is 13.2 Å². The van der Waals surface area contributed by atoms with Crippen LogP contribution in [-0.4, -0.2) is 39.0 Å². The molecule has 2 unspecified atom stereocenters. The van der Waals surface area contributed by atoms with Gasteiger partial charge in [0.05, 0.1) is 24.7 Å². The van der Waals surface area contributed by atoms with Crippen LogP contribution >= 0.6 is 0 Å². The number of furan rings is 1. The molecule has 2 atom stereocenters. The van der Waals surface area contributed by atoms with Crippen molar-refractivity contribution in [3.05, 3.63) is 23.7 Å². The van der Waals surface area contributed by atoms with Gasteiger partial charge in [-0.3, -0.25) is 0 Å². The lowest BCUT2D eigenvalue weighted by atomic mass is 10.1. The number of nitrogens with one attached hydrogen (secondary N) is 1. The lowest BCUT2D eigenvalue weighted by molar-refractivity contribution is 0.0562. The number of sulfone groups is 1.